The zero-order chi connectivity index (χ0) is 25.4. The number of nitrogens with one attached hydrogen (secondary N) is 1. The lowest BCUT2D eigenvalue weighted by Crippen LogP contribution is -2.46. The molecule has 184 valence electrons. The minimum Gasteiger partial charge on any atom is -0.481 e. The Morgan fingerprint density at radius 1 is 1.09 bits per heavy atom. The predicted octanol–water partition coefficient (Wildman–Crippen LogP) is 4.91. The molecule has 8 nitrogen and oxygen atoms in total. The van der Waals surface area contributed by atoms with Gasteiger partial charge >= 0.3 is 5.97 Å². The highest BCUT2D eigenvalue weighted by Gasteiger charge is 2.38. The molecule has 10 heteroatoms. The topological polar surface area (TPSA) is 112 Å². The van der Waals surface area contributed by atoms with E-state index in [9.17, 15) is 18.3 Å². The van der Waals surface area contributed by atoms with E-state index >= 15 is 0 Å². The quantitative estimate of drug-likeness (QED) is 0.480. The van der Waals surface area contributed by atoms with Crippen LogP contribution in [0, 0.1) is 19.3 Å². The molecule has 0 radical (unpaired) electrons. The SMILES string of the molecule is Cc1cccc(C)c1-c1nc(NS(=O)(=O)c2cccc(N3CCCC(C)(C(=O)O)C3)n2)ccc1Cl. The van der Waals surface area contributed by atoms with Crippen LogP contribution in [0.2, 0.25) is 5.02 Å². The Morgan fingerprint density at radius 3 is 2.46 bits per heavy atom. The van der Waals surface area contributed by atoms with Crippen molar-refractivity contribution >= 4 is 39.2 Å². The number of sulfonamides is 1. The number of hydrogen-bond acceptors (Lipinski definition) is 6. The summed E-state index contributed by atoms with van der Waals surface area (Å²) in [6.45, 7) is 6.45. The van der Waals surface area contributed by atoms with Gasteiger partial charge in [0.15, 0.2) is 5.03 Å². The highest BCUT2D eigenvalue weighted by atomic mass is 35.5. The molecule has 1 atom stereocenters. The molecule has 0 spiro atoms. The number of hydrogen-bond donors (Lipinski definition) is 2. The summed E-state index contributed by atoms with van der Waals surface area (Å²) in [7, 11) is -4.06. The summed E-state index contributed by atoms with van der Waals surface area (Å²) in [5.41, 5.74) is 2.38. The normalized spacial score (nSPS) is 18.3. The third-order valence-electron chi connectivity index (χ3n) is 6.32. The first-order chi connectivity index (χ1) is 16.5. The van der Waals surface area contributed by atoms with E-state index < -0.39 is 21.4 Å². The van der Waals surface area contributed by atoms with Gasteiger partial charge < -0.3 is 10.0 Å². The summed E-state index contributed by atoms with van der Waals surface area (Å²) in [5.74, 6) is -0.336. The molecule has 1 aliphatic rings. The minimum atomic E-state index is -4.06. The molecule has 3 aromatic rings. The van der Waals surface area contributed by atoms with Crippen molar-refractivity contribution in [2.45, 2.75) is 38.6 Å². The second-order valence-electron chi connectivity index (χ2n) is 9.12. The zero-order valence-electron chi connectivity index (χ0n) is 19.7. The second-order valence-corrected chi connectivity index (χ2v) is 11.2. The van der Waals surface area contributed by atoms with Gasteiger partial charge in [0.2, 0.25) is 0 Å². The van der Waals surface area contributed by atoms with E-state index in [2.05, 4.69) is 14.7 Å². The lowest BCUT2D eigenvalue weighted by molar-refractivity contribution is -0.148. The predicted molar refractivity (Wildman–Crippen MR) is 136 cm³/mol. The number of carboxylic acids is 1. The molecule has 3 heterocycles. The Labute approximate surface area is 210 Å². The van der Waals surface area contributed by atoms with Crippen molar-refractivity contribution < 1.29 is 18.3 Å². The fourth-order valence-electron chi connectivity index (χ4n) is 4.39. The Morgan fingerprint density at radius 2 is 1.77 bits per heavy atom. The van der Waals surface area contributed by atoms with E-state index in [0.717, 1.165) is 16.7 Å². The van der Waals surface area contributed by atoms with Gasteiger partial charge in [0.25, 0.3) is 10.0 Å². The number of aromatic nitrogens is 2. The van der Waals surface area contributed by atoms with Gasteiger partial charge in [-0.3, -0.25) is 9.52 Å². The van der Waals surface area contributed by atoms with Crippen molar-refractivity contribution in [2.24, 2.45) is 5.41 Å². The van der Waals surface area contributed by atoms with Gasteiger partial charge in [-0.15, -0.1) is 0 Å². The van der Waals surface area contributed by atoms with Gasteiger partial charge in [0, 0.05) is 18.7 Å². The maximum Gasteiger partial charge on any atom is 0.311 e. The molecular formula is C25H27ClN4O4S. The van der Waals surface area contributed by atoms with E-state index in [0.29, 0.717) is 35.9 Å². The lowest BCUT2D eigenvalue weighted by atomic mass is 9.82. The standard InChI is InChI=1S/C25H27ClN4O4S/c1-16-7-4-8-17(2)22(16)23-18(26)11-12-19(27-23)29-35(33,34)21-10-5-9-20(28-21)30-14-6-13-25(3,15-30)24(31)32/h4-5,7-12H,6,13-15H2,1-3H3,(H,27,29)(H,31,32). The number of carbonyl (C=O) groups is 1. The molecular weight excluding hydrogens is 488 g/mol. The number of nitrogens with zero attached hydrogens (tertiary/aromatic N) is 3. The largest absolute Gasteiger partial charge is 0.481 e. The van der Waals surface area contributed by atoms with E-state index in [1.54, 1.807) is 25.1 Å². The average Bonchev–Trinajstić information content (AvgIpc) is 2.81. The van der Waals surface area contributed by atoms with Crippen LogP contribution in [0.15, 0.2) is 53.6 Å². The van der Waals surface area contributed by atoms with Crippen LogP contribution in [0.3, 0.4) is 0 Å². The molecule has 35 heavy (non-hydrogen) atoms. The third-order valence-corrected chi connectivity index (χ3v) is 7.88. The summed E-state index contributed by atoms with van der Waals surface area (Å²) < 4.78 is 28.9. The fourth-order valence-corrected chi connectivity index (χ4v) is 5.56. The van der Waals surface area contributed by atoms with Crippen LogP contribution in [0.4, 0.5) is 11.6 Å². The lowest BCUT2D eigenvalue weighted by Gasteiger charge is -2.38. The van der Waals surface area contributed by atoms with E-state index in [1.165, 1.54) is 12.1 Å². The first kappa shape index (κ1) is 24.9. The molecule has 0 saturated carbocycles. The summed E-state index contributed by atoms with van der Waals surface area (Å²) in [6, 6.07) is 13.6. The summed E-state index contributed by atoms with van der Waals surface area (Å²) in [4.78, 5) is 22.4. The van der Waals surface area contributed by atoms with E-state index in [4.69, 9.17) is 11.6 Å². The van der Waals surface area contributed by atoms with Crippen molar-refractivity contribution in [2.75, 3.05) is 22.7 Å². The van der Waals surface area contributed by atoms with E-state index in [-0.39, 0.29) is 17.4 Å². The summed E-state index contributed by atoms with van der Waals surface area (Å²) in [6.07, 6.45) is 1.23. The van der Waals surface area contributed by atoms with Crippen LogP contribution < -0.4 is 9.62 Å². The number of rotatable bonds is 6. The van der Waals surface area contributed by atoms with Gasteiger partial charge in [-0.05, 0) is 69.0 Å². The molecule has 0 bridgehead atoms. The van der Waals surface area contributed by atoms with E-state index in [1.807, 2.05) is 36.9 Å². The molecule has 1 aliphatic heterocycles. The van der Waals surface area contributed by atoms with Crippen molar-refractivity contribution in [3.05, 3.63) is 64.7 Å². The van der Waals surface area contributed by atoms with Crippen LogP contribution in [0.5, 0.6) is 0 Å². The van der Waals surface area contributed by atoms with Crippen LogP contribution >= 0.6 is 11.6 Å². The van der Waals surface area contributed by atoms with Gasteiger partial charge in [0.1, 0.15) is 11.6 Å². The summed E-state index contributed by atoms with van der Waals surface area (Å²) >= 11 is 6.42. The molecule has 1 aromatic carbocycles. The van der Waals surface area contributed by atoms with Crippen LogP contribution in [0.25, 0.3) is 11.3 Å². The molecule has 0 aliphatic carbocycles. The second kappa shape index (κ2) is 9.47. The summed E-state index contributed by atoms with van der Waals surface area (Å²) in [5, 5.41) is 9.84. The molecule has 1 saturated heterocycles. The van der Waals surface area contributed by atoms with Crippen LogP contribution in [-0.2, 0) is 14.8 Å². The number of benzene rings is 1. The van der Waals surface area contributed by atoms with Crippen LogP contribution in [0.1, 0.15) is 30.9 Å². The van der Waals surface area contributed by atoms with Crippen molar-refractivity contribution in [1.82, 2.24) is 9.97 Å². The van der Waals surface area contributed by atoms with Crippen molar-refractivity contribution in [1.29, 1.82) is 0 Å². The number of halogens is 1. The number of pyridine rings is 2. The van der Waals surface area contributed by atoms with Crippen LogP contribution in [-0.4, -0.2) is 42.6 Å². The highest BCUT2D eigenvalue weighted by Crippen LogP contribution is 2.34. The molecule has 1 fully saturated rings. The van der Waals surface area contributed by atoms with Gasteiger partial charge in [-0.2, -0.15) is 8.42 Å². The Kier molecular flexibility index (Phi) is 6.75. The number of anilines is 2. The van der Waals surface area contributed by atoms with Crippen molar-refractivity contribution in [3.63, 3.8) is 0 Å². The smallest absolute Gasteiger partial charge is 0.311 e. The molecule has 2 aromatic heterocycles. The Bertz CT molecular complexity index is 1380. The molecule has 0 amide bonds. The Balaban J connectivity index is 1.63. The molecule has 4 rings (SSSR count). The maximum absolute atomic E-state index is 13.2. The monoisotopic (exact) mass is 514 g/mol. The first-order valence-corrected chi connectivity index (χ1v) is 13.1. The fraction of sp³-hybridized carbons (Fsp3) is 0.320. The minimum absolute atomic E-state index is 0.121. The number of aliphatic carboxylic acids is 1. The number of piperidine rings is 1. The number of aryl methyl sites for hydroxylation is 2. The third kappa shape index (κ3) is 5.11. The molecule has 2 N–H and O–H groups in total. The molecule has 1 unspecified atom stereocenters. The zero-order valence-corrected chi connectivity index (χ0v) is 21.3. The van der Waals surface area contributed by atoms with Crippen molar-refractivity contribution in [3.8, 4) is 11.3 Å². The maximum atomic E-state index is 13.2. The van der Waals surface area contributed by atoms with Gasteiger partial charge in [-0.1, -0.05) is 35.9 Å². The first-order valence-electron chi connectivity index (χ1n) is 11.2. The Hall–Kier alpha value is -3.17. The van der Waals surface area contributed by atoms with Gasteiger partial charge in [0.05, 0.1) is 16.1 Å². The van der Waals surface area contributed by atoms with Gasteiger partial charge in [-0.25, -0.2) is 9.97 Å². The highest BCUT2D eigenvalue weighted by molar-refractivity contribution is 7.92. The average molecular weight is 515 g/mol. The number of carboxylic acid groups (broad SMARTS) is 1.